The van der Waals surface area contributed by atoms with Gasteiger partial charge in [0.15, 0.2) is 0 Å². The van der Waals surface area contributed by atoms with E-state index in [1.165, 1.54) is 0 Å². The molecule has 0 bridgehead atoms. The summed E-state index contributed by atoms with van der Waals surface area (Å²) in [5.74, 6) is 0. The molecular weight excluding hydrogens is 371 g/mol. The first-order chi connectivity index (χ1) is 8.68. The van der Waals surface area contributed by atoms with Crippen molar-refractivity contribution in [2.24, 2.45) is 0 Å². The van der Waals surface area contributed by atoms with Crippen LogP contribution in [0.25, 0.3) is 0 Å². The van der Waals surface area contributed by atoms with Gasteiger partial charge >= 0.3 is 34.1 Å². The second kappa shape index (κ2) is 15.0. The molecule has 1 radical (unpaired) electrons. The fourth-order valence-corrected chi connectivity index (χ4v) is 0.846. The van der Waals surface area contributed by atoms with Gasteiger partial charge in [-0.1, -0.05) is 16.7 Å². The Bertz CT molecular complexity index is 419. The summed E-state index contributed by atoms with van der Waals surface area (Å²) in [6.07, 6.45) is 10.3. The van der Waals surface area contributed by atoms with E-state index in [4.69, 9.17) is 0 Å². The van der Waals surface area contributed by atoms with E-state index in [-0.39, 0.29) is 39.6 Å². The van der Waals surface area contributed by atoms with Crippen LogP contribution >= 0.6 is 0 Å². The maximum Gasteiger partial charge on any atom is 2.00 e. The van der Waals surface area contributed by atoms with Gasteiger partial charge in [-0.25, -0.2) is 0 Å². The minimum atomic E-state index is 0. The van der Waals surface area contributed by atoms with Crippen molar-refractivity contribution in [3.8, 4) is 0 Å². The predicted molar refractivity (Wildman–Crippen MR) is 70.5 cm³/mol. The van der Waals surface area contributed by atoms with Gasteiger partial charge in [0, 0.05) is 18.6 Å². The first-order valence-electron chi connectivity index (χ1n) is 5.38. The van der Waals surface area contributed by atoms with Gasteiger partial charge in [-0.2, -0.15) is 18.6 Å². The SMILES string of the molecule is Cc1cn[n-]c1.Cc1cn[n-]c1.Cc1cn[n-]c1.O.[Cu+2].[Cu+]. The molecule has 0 saturated heterocycles. The molecule has 0 aliphatic carbocycles. The Morgan fingerprint density at radius 3 is 0.952 bits per heavy atom. The average molecular weight is 388 g/mol. The maximum absolute atomic E-state index is 3.57. The molecule has 0 atom stereocenters. The van der Waals surface area contributed by atoms with Crippen LogP contribution in [0.1, 0.15) is 16.7 Å². The standard InChI is InChI=1S/3C4H5N2.2Cu.H2O/c3*1-4-2-5-6-3-4;;;/h3*2-3H,1H3;;;1H2/q3*-1;+1;+2;. The molecule has 0 spiro atoms. The molecule has 21 heavy (non-hydrogen) atoms. The Balaban J connectivity index is -0.000000216. The number of hydrogen-bond acceptors (Lipinski definition) is 3. The van der Waals surface area contributed by atoms with Crippen LogP contribution in [0.4, 0.5) is 0 Å². The van der Waals surface area contributed by atoms with E-state index in [9.17, 15) is 0 Å². The first-order valence-corrected chi connectivity index (χ1v) is 5.38. The number of rotatable bonds is 0. The van der Waals surface area contributed by atoms with Crippen molar-refractivity contribution in [1.29, 1.82) is 0 Å². The van der Waals surface area contributed by atoms with Gasteiger partial charge in [-0.3, -0.25) is 0 Å². The number of aryl methyl sites for hydroxylation is 3. The van der Waals surface area contributed by atoms with Gasteiger partial charge < -0.3 is 36.1 Å². The summed E-state index contributed by atoms with van der Waals surface area (Å²) in [7, 11) is 0. The van der Waals surface area contributed by atoms with Gasteiger partial charge in [0.25, 0.3) is 0 Å². The minimum absolute atomic E-state index is 0. The molecular formula is C12H17Cu2N6O. The molecule has 0 amide bonds. The fraction of sp³-hybridized carbons (Fsp3) is 0.250. The van der Waals surface area contributed by atoms with Crippen molar-refractivity contribution in [2.75, 3.05) is 0 Å². The summed E-state index contributed by atoms with van der Waals surface area (Å²) in [5, 5.41) is 21.4. The molecule has 0 unspecified atom stereocenters. The van der Waals surface area contributed by atoms with Crippen LogP contribution in [0.5, 0.6) is 0 Å². The van der Waals surface area contributed by atoms with E-state index < -0.39 is 0 Å². The molecule has 3 heterocycles. The Labute approximate surface area is 145 Å². The van der Waals surface area contributed by atoms with Crippen molar-refractivity contribution in [3.63, 3.8) is 0 Å². The second-order valence-electron chi connectivity index (χ2n) is 3.70. The second-order valence-corrected chi connectivity index (χ2v) is 3.70. The number of hydrogen-bond donors (Lipinski definition) is 0. The normalized spacial score (nSPS) is 7.57. The zero-order valence-corrected chi connectivity index (χ0v) is 13.6. The third-order valence-corrected chi connectivity index (χ3v) is 1.77. The van der Waals surface area contributed by atoms with E-state index in [0.29, 0.717) is 0 Å². The molecule has 3 rings (SSSR count). The summed E-state index contributed by atoms with van der Waals surface area (Å²) in [6.45, 7) is 5.88. The molecule has 3 aromatic rings. The average Bonchev–Trinajstić information content (AvgIpc) is 3.05. The molecule has 9 heteroatoms. The molecule has 0 aliphatic rings. The van der Waals surface area contributed by atoms with Crippen LogP contribution in [-0.4, -0.2) is 20.8 Å². The minimum Gasteiger partial charge on any atom is -0.582 e. The van der Waals surface area contributed by atoms with E-state index in [2.05, 4.69) is 30.6 Å². The zero-order chi connectivity index (χ0) is 13.2. The van der Waals surface area contributed by atoms with Crippen LogP contribution in [0.15, 0.2) is 37.2 Å². The van der Waals surface area contributed by atoms with E-state index in [0.717, 1.165) is 16.7 Å². The topological polar surface area (TPSA) is 112 Å². The van der Waals surface area contributed by atoms with Gasteiger partial charge in [-0.15, -0.1) is 0 Å². The predicted octanol–water partition coefficient (Wildman–Crippen LogP) is 0.212. The van der Waals surface area contributed by atoms with Crippen molar-refractivity contribution in [1.82, 2.24) is 30.6 Å². The molecule has 0 fully saturated rings. The third-order valence-electron chi connectivity index (χ3n) is 1.77. The summed E-state index contributed by atoms with van der Waals surface area (Å²) in [6, 6.07) is 0. The van der Waals surface area contributed by atoms with Crippen LogP contribution in [0.3, 0.4) is 0 Å². The van der Waals surface area contributed by atoms with Crippen molar-refractivity contribution in [2.45, 2.75) is 20.8 Å². The Kier molecular flexibility index (Phi) is 17.6. The molecule has 0 saturated carbocycles. The molecule has 0 aromatic carbocycles. The third kappa shape index (κ3) is 13.4. The Morgan fingerprint density at radius 2 is 0.905 bits per heavy atom. The number of aromatic nitrogens is 6. The molecule has 3 aromatic heterocycles. The Hall–Kier alpha value is -1.37. The van der Waals surface area contributed by atoms with Gasteiger partial charge in [-0.05, 0) is 20.8 Å². The van der Waals surface area contributed by atoms with Gasteiger partial charge in [0.2, 0.25) is 0 Å². The number of nitrogens with zero attached hydrogens (tertiary/aromatic N) is 6. The molecule has 123 valence electrons. The van der Waals surface area contributed by atoms with Crippen LogP contribution in [-0.2, 0) is 34.1 Å². The molecule has 0 aliphatic heterocycles. The Morgan fingerprint density at radius 1 is 0.667 bits per heavy atom. The quantitative estimate of drug-likeness (QED) is 0.509. The van der Waals surface area contributed by atoms with Crippen molar-refractivity contribution >= 4 is 0 Å². The van der Waals surface area contributed by atoms with Crippen LogP contribution in [0, 0.1) is 20.8 Å². The maximum atomic E-state index is 3.57. The van der Waals surface area contributed by atoms with Crippen molar-refractivity contribution < 1.29 is 39.6 Å². The summed E-state index contributed by atoms with van der Waals surface area (Å²) < 4.78 is 0. The smallest absolute Gasteiger partial charge is 0.582 e. The van der Waals surface area contributed by atoms with E-state index in [1.807, 2.05) is 20.8 Å². The summed E-state index contributed by atoms with van der Waals surface area (Å²) in [4.78, 5) is 0. The zero-order valence-electron chi connectivity index (χ0n) is 11.8. The monoisotopic (exact) mass is 387 g/mol. The first kappa shape index (κ1) is 24.6. The summed E-state index contributed by atoms with van der Waals surface area (Å²) >= 11 is 0. The molecule has 7 nitrogen and oxygen atoms in total. The van der Waals surface area contributed by atoms with E-state index in [1.54, 1.807) is 37.2 Å². The van der Waals surface area contributed by atoms with Gasteiger partial charge in [0.05, 0.1) is 0 Å². The van der Waals surface area contributed by atoms with E-state index >= 15 is 0 Å². The molecule has 2 N–H and O–H groups in total. The van der Waals surface area contributed by atoms with Crippen LogP contribution < -0.4 is 15.3 Å². The fourth-order valence-electron chi connectivity index (χ4n) is 0.846. The van der Waals surface area contributed by atoms with Crippen molar-refractivity contribution in [3.05, 3.63) is 53.9 Å². The van der Waals surface area contributed by atoms with Gasteiger partial charge in [0.1, 0.15) is 0 Å². The van der Waals surface area contributed by atoms with Crippen LogP contribution in [0.2, 0.25) is 0 Å². The largest absolute Gasteiger partial charge is 2.00 e. The summed E-state index contributed by atoms with van der Waals surface area (Å²) in [5.41, 5.74) is 3.36.